The number of rotatable bonds is 2. The molecule has 33 heavy (non-hydrogen) atoms. The topological polar surface area (TPSA) is 96.0 Å². The van der Waals surface area contributed by atoms with E-state index in [1.165, 1.54) is 6.42 Å². The van der Waals surface area contributed by atoms with Crippen molar-refractivity contribution in [3.05, 3.63) is 46.9 Å². The van der Waals surface area contributed by atoms with Crippen LogP contribution in [0.5, 0.6) is 0 Å². The van der Waals surface area contributed by atoms with E-state index >= 15 is 0 Å². The van der Waals surface area contributed by atoms with E-state index in [0.717, 1.165) is 104 Å². The highest BCUT2D eigenvalue weighted by atomic mass is 16.5. The van der Waals surface area contributed by atoms with Gasteiger partial charge >= 0.3 is 0 Å². The van der Waals surface area contributed by atoms with Gasteiger partial charge in [0.25, 0.3) is 5.91 Å². The third-order valence-electron chi connectivity index (χ3n) is 7.70. The fourth-order valence-corrected chi connectivity index (χ4v) is 5.75. The molecule has 2 aliphatic carbocycles. The van der Waals surface area contributed by atoms with Crippen LogP contribution in [0, 0.1) is 0 Å². The lowest BCUT2D eigenvalue weighted by molar-refractivity contribution is 0.0793. The molecule has 0 aromatic carbocycles. The number of carbonyl (C=O) groups excluding carboxylic acids is 1. The summed E-state index contributed by atoms with van der Waals surface area (Å²) < 4.78 is 5.44. The predicted molar refractivity (Wildman–Crippen MR) is 123 cm³/mol. The van der Waals surface area contributed by atoms with Crippen LogP contribution in [-0.4, -0.2) is 57.7 Å². The van der Waals surface area contributed by atoms with Crippen LogP contribution in [0.15, 0.2) is 24.5 Å². The van der Waals surface area contributed by atoms with E-state index in [4.69, 9.17) is 9.72 Å². The summed E-state index contributed by atoms with van der Waals surface area (Å²) in [5, 5.41) is 3.30. The molecule has 0 atom stereocenters. The molecule has 1 saturated heterocycles. The standard InChI is InChI=1S/C25H26N6O2/c32-24-20-17-4-2-15-13-27-23(16-3-5-19(26-14-16)31-8-10-33-11-9-31)29-21(15)22(17)28-18(20)12-25(30-24)6-1-7-25/h3,5,13-14,28H,1-2,4,6-12H2,(H,30,32). The van der Waals surface area contributed by atoms with Crippen molar-refractivity contribution in [1.29, 1.82) is 0 Å². The number of hydrogen-bond donors (Lipinski definition) is 2. The molecule has 4 aliphatic rings. The molecule has 8 heteroatoms. The van der Waals surface area contributed by atoms with E-state index in [9.17, 15) is 4.79 Å². The number of carbonyl (C=O) groups is 1. The minimum atomic E-state index is -0.0366. The second kappa shape index (κ2) is 7.12. The van der Waals surface area contributed by atoms with Crippen LogP contribution in [0.1, 0.15) is 46.4 Å². The van der Waals surface area contributed by atoms with Crippen LogP contribution in [-0.2, 0) is 24.0 Å². The smallest absolute Gasteiger partial charge is 0.253 e. The maximum atomic E-state index is 13.0. The summed E-state index contributed by atoms with van der Waals surface area (Å²) in [6.07, 6.45) is 9.69. The number of hydrogen-bond acceptors (Lipinski definition) is 6. The number of nitrogens with zero attached hydrogens (tertiary/aromatic N) is 4. The van der Waals surface area contributed by atoms with Gasteiger partial charge in [-0.05, 0) is 55.4 Å². The highest BCUT2D eigenvalue weighted by Crippen LogP contribution is 2.43. The van der Waals surface area contributed by atoms with Crippen molar-refractivity contribution in [3.8, 4) is 22.8 Å². The van der Waals surface area contributed by atoms with Gasteiger partial charge in [0.15, 0.2) is 5.82 Å². The van der Waals surface area contributed by atoms with Crippen LogP contribution in [0.2, 0.25) is 0 Å². The molecule has 2 N–H and O–H groups in total. The Hall–Kier alpha value is -3.26. The van der Waals surface area contributed by atoms with Gasteiger partial charge < -0.3 is 19.9 Å². The molecule has 0 bridgehead atoms. The SMILES string of the molecule is O=C1NC2(CCC2)Cc2[nH]c3c(c21)CCc1cnc(-c2ccc(N4CCOCC4)nc2)nc1-3. The molecule has 0 radical (unpaired) electrons. The molecule has 1 amide bonds. The number of fused-ring (bicyclic) bond motifs is 5. The number of ether oxygens (including phenoxy) is 1. The lowest BCUT2D eigenvalue weighted by atomic mass is 9.71. The fourth-order valence-electron chi connectivity index (χ4n) is 5.75. The highest BCUT2D eigenvalue weighted by molar-refractivity contribution is 6.01. The van der Waals surface area contributed by atoms with Crippen molar-refractivity contribution in [3.63, 3.8) is 0 Å². The number of aromatic amines is 1. The van der Waals surface area contributed by atoms with E-state index in [1.54, 1.807) is 0 Å². The lowest BCUT2D eigenvalue weighted by Gasteiger charge is -2.45. The number of H-pyrrole nitrogens is 1. The molecule has 2 aliphatic heterocycles. The first-order valence-corrected chi connectivity index (χ1v) is 11.9. The van der Waals surface area contributed by atoms with E-state index in [-0.39, 0.29) is 11.4 Å². The second-order valence-corrected chi connectivity index (χ2v) is 9.67. The summed E-state index contributed by atoms with van der Waals surface area (Å²) >= 11 is 0. The van der Waals surface area contributed by atoms with Crippen molar-refractivity contribution < 1.29 is 9.53 Å². The summed E-state index contributed by atoms with van der Waals surface area (Å²) in [7, 11) is 0. The third-order valence-corrected chi connectivity index (χ3v) is 7.70. The number of pyridine rings is 1. The summed E-state index contributed by atoms with van der Waals surface area (Å²) in [5.41, 5.74) is 6.93. The van der Waals surface area contributed by atoms with Crippen molar-refractivity contribution in [1.82, 2.24) is 25.3 Å². The maximum absolute atomic E-state index is 13.0. The van der Waals surface area contributed by atoms with Gasteiger partial charge in [0.1, 0.15) is 5.82 Å². The van der Waals surface area contributed by atoms with E-state index in [2.05, 4.69) is 25.2 Å². The summed E-state index contributed by atoms with van der Waals surface area (Å²) in [5.74, 6) is 1.69. The van der Waals surface area contributed by atoms with Crippen molar-refractivity contribution in [2.45, 2.75) is 44.1 Å². The van der Waals surface area contributed by atoms with Crippen LogP contribution in [0.25, 0.3) is 22.8 Å². The van der Waals surface area contributed by atoms with Gasteiger partial charge in [0, 0.05) is 48.7 Å². The molecule has 2 fully saturated rings. The Labute approximate surface area is 191 Å². The minimum absolute atomic E-state index is 0.0366. The molecular weight excluding hydrogens is 416 g/mol. The van der Waals surface area contributed by atoms with E-state index in [1.807, 2.05) is 24.5 Å². The van der Waals surface area contributed by atoms with Crippen molar-refractivity contribution in [2.75, 3.05) is 31.2 Å². The largest absolute Gasteiger partial charge is 0.378 e. The average molecular weight is 443 g/mol. The van der Waals surface area contributed by atoms with E-state index < -0.39 is 0 Å². The van der Waals surface area contributed by atoms with Crippen LogP contribution >= 0.6 is 0 Å². The molecule has 5 heterocycles. The molecular formula is C25H26N6O2. The molecule has 3 aromatic heterocycles. The van der Waals surface area contributed by atoms with Crippen molar-refractivity contribution in [2.24, 2.45) is 0 Å². The molecule has 7 rings (SSSR count). The molecule has 3 aromatic rings. The van der Waals surface area contributed by atoms with Crippen LogP contribution in [0.4, 0.5) is 5.82 Å². The Morgan fingerprint density at radius 3 is 2.70 bits per heavy atom. The van der Waals surface area contributed by atoms with E-state index in [0.29, 0.717) is 5.82 Å². The summed E-state index contributed by atoms with van der Waals surface area (Å²) in [6.45, 7) is 3.19. The Kier molecular flexibility index (Phi) is 4.15. The zero-order chi connectivity index (χ0) is 22.0. The number of nitrogens with one attached hydrogen (secondary N) is 2. The predicted octanol–water partition coefficient (Wildman–Crippen LogP) is 2.68. The first kappa shape index (κ1) is 19.2. The Balaban J connectivity index is 1.24. The summed E-state index contributed by atoms with van der Waals surface area (Å²) in [6, 6.07) is 4.07. The molecule has 8 nitrogen and oxygen atoms in total. The molecule has 168 valence electrons. The Morgan fingerprint density at radius 2 is 1.94 bits per heavy atom. The van der Waals surface area contributed by atoms with Gasteiger partial charge in [-0.25, -0.2) is 15.0 Å². The molecule has 1 saturated carbocycles. The molecule has 0 unspecified atom stereocenters. The number of amides is 1. The zero-order valence-corrected chi connectivity index (χ0v) is 18.5. The normalized spacial score (nSPS) is 20.5. The first-order chi connectivity index (χ1) is 16.2. The number of aromatic nitrogens is 4. The Bertz CT molecular complexity index is 1250. The second-order valence-electron chi connectivity index (χ2n) is 9.67. The van der Waals surface area contributed by atoms with Gasteiger partial charge in [0.2, 0.25) is 0 Å². The van der Waals surface area contributed by atoms with Crippen LogP contribution < -0.4 is 10.2 Å². The quantitative estimate of drug-likeness (QED) is 0.634. The minimum Gasteiger partial charge on any atom is -0.378 e. The van der Waals surface area contributed by atoms with Crippen molar-refractivity contribution >= 4 is 11.7 Å². The van der Waals surface area contributed by atoms with Gasteiger partial charge in [-0.3, -0.25) is 4.79 Å². The van der Waals surface area contributed by atoms with Gasteiger partial charge in [-0.1, -0.05) is 0 Å². The maximum Gasteiger partial charge on any atom is 0.253 e. The monoisotopic (exact) mass is 442 g/mol. The van der Waals surface area contributed by atoms with Gasteiger partial charge in [-0.15, -0.1) is 0 Å². The van der Waals surface area contributed by atoms with Gasteiger partial charge in [-0.2, -0.15) is 0 Å². The fraction of sp³-hybridized carbons (Fsp3) is 0.440. The average Bonchev–Trinajstić information content (AvgIpc) is 3.23. The first-order valence-electron chi connectivity index (χ1n) is 11.9. The van der Waals surface area contributed by atoms with Crippen LogP contribution in [0.3, 0.4) is 0 Å². The lowest BCUT2D eigenvalue weighted by Crippen LogP contribution is -2.57. The summed E-state index contributed by atoms with van der Waals surface area (Å²) in [4.78, 5) is 33.1. The third kappa shape index (κ3) is 3.00. The highest BCUT2D eigenvalue weighted by Gasteiger charge is 2.45. The molecule has 1 spiro atoms. The van der Waals surface area contributed by atoms with Gasteiger partial charge in [0.05, 0.1) is 30.2 Å². The number of morpholine rings is 1. The Morgan fingerprint density at radius 1 is 1.06 bits per heavy atom. The number of anilines is 1. The number of aryl methyl sites for hydroxylation is 1. The zero-order valence-electron chi connectivity index (χ0n) is 18.5.